The van der Waals surface area contributed by atoms with Crippen LogP contribution in [0.1, 0.15) is 30.9 Å². The Bertz CT molecular complexity index is 650. The summed E-state index contributed by atoms with van der Waals surface area (Å²) in [6, 6.07) is 9.16. The van der Waals surface area contributed by atoms with Crippen LogP contribution in [0.2, 0.25) is 0 Å². The van der Waals surface area contributed by atoms with Crippen LogP contribution in [-0.2, 0) is 9.53 Å². The van der Waals surface area contributed by atoms with Crippen LogP contribution in [0.5, 0.6) is 0 Å². The smallest absolute Gasteiger partial charge is 0.338 e. The number of carbonyl (C=O) groups is 1. The Balaban J connectivity index is 2.18. The van der Waals surface area contributed by atoms with E-state index in [1.54, 1.807) is 25.1 Å². The zero-order valence-electron chi connectivity index (χ0n) is 12.4. The third-order valence-corrected chi connectivity index (χ3v) is 3.86. The average molecular weight is 299 g/mol. The predicted octanol–water partition coefficient (Wildman–Crippen LogP) is 1.32. The first-order chi connectivity index (χ1) is 10.6. The fourth-order valence-electron chi connectivity index (χ4n) is 2.60. The third kappa shape index (κ3) is 2.88. The standard InChI is InChI=1S/C16H17N3O3/c1-2-22-15(20)16(21)6-8-19(9-7-16)14-5-3-4-12(10-17)13(14)11-18/h3-5,21H,2,6-9H2,1H3. The Kier molecular flexibility index (Phi) is 4.65. The molecule has 22 heavy (non-hydrogen) atoms. The average Bonchev–Trinajstić information content (AvgIpc) is 2.55. The van der Waals surface area contributed by atoms with E-state index in [0.29, 0.717) is 29.9 Å². The van der Waals surface area contributed by atoms with Gasteiger partial charge in [-0.25, -0.2) is 4.79 Å². The molecule has 0 bridgehead atoms. The number of hydrogen-bond acceptors (Lipinski definition) is 6. The molecule has 1 heterocycles. The van der Waals surface area contributed by atoms with E-state index >= 15 is 0 Å². The first-order valence-corrected chi connectivity index (χ1v) is 7.13. The number of benzene rings is 1. The van der Waals surface area contributed by atoms with Crippen LogP contribution in [0.25, 0.3) is 0 Å². The van der Waals surface area contributed by atoms with Gasteiger partial charge in [-0.05, 0) is 19.1 Å². The van der Waals surface area contributed by atoms with E-state index < -0.39 is 11.6 Å². The minimum absolute atomic E-state index is 0.230. The Labute approximate surface area is 129 Å². The van der Waals surface area contributed by atoms with Gasteiger partial charge in [-0.3, -0.25) is 0 Å². The molecule has 1 fully saturated rings. The summed E-state index contributed by atoms with van der Waals surface area (Å²) in [4.78, 5) is 13.7. The number of nitriles is 2. The van der Waals surface area contributed by atoms with Gasteiger partial charge in [-0.1, -0.05) is 6.07 Å². The number of rotatable bonds is 3. The zero-order valence-corrected chi connectivity index (χ0v) is 12.4. The Morgan fingerprint density at radius 2 is 2.05 bits per heavy atom. The number of ether oxygens (including phenoxy) is 1. The highest BCUT2D eigenvalue weighted by Crippen LogP contribution is 2.30. The van der Waals surface area contributed by atoms with E-state index in [1.807, 2.05) is 11.0 Å². The van der Waals surface area contributed by atoms with E-state index in [9.17, 15) is 15.2 Å². The van der Waals surface area contributed by atoms with Crippen LogP contribution in [0.15, 0.2) is 18.2 Å². The normalized spacial score (nSPS) is 16.5. The van der Waals surface area contributed by atoms with Crippen molar-refractivity contribution >= 4 is 11.7 Å². The van der Waals surface area contributed by atoms with E-state index in [4.69, 9.17) is 10.00 Å². The number of carbonyl (C=O) groups excluding carboxylic acids is 1. The summed E-state index contributed by atoms with van der Waals surface area (Å²) in [5.74, 6) is -0.596. The third-order valence-electron chi connectivity index (χ3n) is 3.86. The van der Waals surface area contributed by atoms with Crippen LogP contribution < -0.4 is 4.90 Å². The molecule has 0 radical (unpaired) electrons. The van der Waals surface area contributed by atoms with Crippen molar-refractivity contribution in [2.45, 2.75) is 25.4 Å². The van der Waals surface area contributed by atoms with Crippen LogP contribution in [0.4, 0.5) is 5.69 Å². The lowest BCUT2D eigenvalue weighted by Crippen LogP contribution is -2.50. The first kappa shape index (κ1) is 15.8. The summed E-state index contributed by atoms with van der Waals surface area (Å²) < 4.78 is 4.90. The molecule has 0 aromatic heterocycles. The lowest BCUT2D eigenvalue weighted by molar-refractivity contribution is -0.167. The second-order valence-corrected chi connectivity index (χ2v) is 5.16. The number of anilines is 1. The summed E-state index contributed by atoms with van der Waals surface area (Å²) in [5, 5.41) is 28.7. The van der Waals surface area contributed by atoms with Crippen LogP contribution >= 0.6 is 0 Å². The topological polar surface area (TPSA) is 97.3 Å². The van der Waals surface area contributed by atoms with Gasteiger partial charge in [-0.2, -0.15) is 10.5 Å². The molecule has 0 unspecified atom stereocenters. The van der Waals surface area contributed by atoms with Crippen LogP contribution in [-0.4, -0.2) is 36.4 Å². The molecule has 1 aromatic rings. The highest BCUT2D eigenvalue weighted by Gasteiger charge is 2.41. The van der Waals surface area contributed by atoms with Gasteiger partial charge in [0.05, 0.1) is 23.4 Å². The number of nitrogens with zero attached hydrogens (tertiary/aromatic N) is 3. The lowest BCUT2D eigenvalue weighted by atomic mass is 9.90. The van der Waals surface area contributed by atoms with E-state index in [-0.39, 0.29) is 19.4 Å². The van der Waals surface area contributed by atoms with E-state index in [2.05, 4.69) is 6.07 Å². The molecule has 0 spiro atoms. The van der Waals surface area contributed by atoms with Crippen molar-refractivity contribution in [2.75, 3.05) is 24.6 Å². The van der Waals surface area contributed by atoms with Crippen molar-refractivity contribution in [1.29, 1.82) is 10.5 Å². The summed E-state index contributed by atoms with van der Waals surface area (Å²) in [6.07, 6.45) is 0.459. The molecule has 6 heteroatoms. The van der Waals surface area contributed by atoms with Crippen molar-refractivity contribution < 1.29 is 14.6 Å². The largest absolute Gasteiger partial charge is 0.464 e. The SMILES string of the molecule is CCOC(=O)C1(O)CCN(c2cccc(C#N)c2C#N)CC1. The molecule has 1 N–H and O–H groups in total. The molecule has 0 aliphatic carbocycles. The number of aliphatic hydroxyl groups is 1. The zero-order chi connectivity index (χ0) is 16.2. The van der Waals surface area contributed by atoms with Crippen molar-refractivity contribution in [3.05, 3.63) is 29.3 Å². The van der Waals surface area contributed by atoms with Gasteiger partial charge in [0, 0.05) is 25.9 Å². The molecule has 1 aliphatic heterocycles. The number of hydrogen-bond donors (Lipinski definition) is 1. The minimum atomic E-state index is -1.47. The van der Waals surface area contributed by atoms with Gasteiger partial charge in [0.15, 0.2) is 5.60 Å². The maximum atomic E-state index is 11.8. The van der Waals surface area contributed by atoms with E-state index in [0.717, 1.165) is 0 Å². The number of esters is 1. The highest BCUT2D eigenvalue weighted by molar-refractivity contribution is 5.80. The highest BCUT2D eigenvalue weighted by atomic mass is 16.5. The number of piperidine rings is 1. The molecule has 0 amide bonds. The van der Waals surface area contributed by atoms with Gasteiger partial charge in [-0.15, -0.1) is 0 Å². The maximum Gasteiger partial charge on any atom is 0.338 e. The molecule has 1 saturated heterocycles. The molecular weight excluding hydrogens is 282 g/mol. The quantitative estimate of drug-likeness (QED) is 0.845. The molecule has 2 rings (SSSR count). The van der Waals surface area contributed by atoms with Gasteiger partial charge in [0.2, 0.25) is 0 Å². The summed E-state index contributed by atoms with van der Waals surface area (Å²) >= 11 is 0. The first-order valence-electron chi connectivity index (χ1n) is 7.13. The fourth-order valence-corrected chi connectivity index (χ4v) is 2.60. The fraction of sp³-hybridized carbons (Fsp3) is 0.438. The molecule has 6 nitrogen and oxygen atoms in total. The predicted molar refractivity (Wildman–Crippen MR) is 78.9 cm³/mol. The summed E-state index contributed by atoms with van der Waals surface area (Å²) in [7, 11) is 0. The summed E-state index contributed by atoms with van der Waals surface area (Å²) in [5.41, 5.74) is -0.156. The molecule has 114 valence electrons. The van der Waals surface area contributed by atoms with Gasteiger partial charge in [0.25, 0.3) is 0 Å². The molecular formula is C16H17N3O3. The van der Waals surface area contributed by atoms with Gasteiger partial charge < -0.3 is 14.7 Å². The Hall–Kier alpha value is -2.57. The van der Waals surface area contributed by atoms with Gasteiger partial charge in [0.1, 0.15) is 12.1 Å². The van der Waals surface area contributed by atoms with E-state index in [1.165, 1.54) is 0 Å². The van der Waals surface area contributed by atoms with Crippen molar-refractivity contribution in [2.24, 2.45) is 0 Å². The van der Waals surface area contributed by atoms with Crippen LogP contribution in [0, 0.1) is 22.7 Å². The van der Waals surface area contributed by atoms with Crippen molar-refractivity contribution in [3.63, 3.8) is 0 Å². The van der Waals surface area contributed by atoms with Gasteiger partial charge >= 0.3 is 5.97 Å². The molecule has 0 atom stereocenters. The monoisotopic (exact) mass is 299 g/mol. The molecule has 0 saturated carbocycles. The second-order valence-electron chi connectivity index (χ2n) is 5.16. The van der Waals surface area contributed by atoms with Crippen molar-refractivity contribution in [1.82, 2.24) is 0 Å². The minimum Gasteiger partial charge on any atom is -0.464 e. The molecule has 1 aromatic carbocycles. The lowest BCUT2D eigenvalue weighted by Gasteiger charge is -2.37. The second kappa shape index (κ2) is 6.46. The van der Waals surface area contributed by atoms with Crippen molar-refractivity contribution in [3.8, 4) is 12.1 Å². The Morgan fingerprint density at radius 3 is 2.59 bits per heavy atom. The maximum absolute atomic E-state index is 11.8. The summed E-state index contributed by atoms with van der Waals surface area (Å²) in [6.45, 7) is 2.76. The van der Waals surface area contributed by atoms with Crippen LogP contribution in [0.3, 0.4) is 0 Å². The Morgan fingerprint density at radius 1 is 1.36 bits per heavy atom. The molecule has 1 aliphatic rings.